The third-order valence-corrected chi connectivity index (χ3v) is 4.62. The molecule has 2 aliphatic rings. The minimum absolute atomic E-state index is 0.240. The summed E-state index contributed by atoms with van der Waals surface area (Å²) in [6, 6.07) is 1.48. The molecule has 3 rings (SSSR count). The van der Waals surface area contributed by atoms with Crippen molar-refractivity contribution in [1.29, 1.82) is 0 Å². The molecular weight excluding hydrogens is 233 g/mol. The van der Waals surface area contributed by atoms with E-state index < -0.39 is 0 Å². The van der Waals surface area contributed by atoms with Crippen LogP contribution in [-0.4, -0.2) is 16.6 Å². The van der Waals surface area contributed by atoms with Crippen LogP contribution >= 0.6 is 0 Å². The van der Waals surface area contributed by atoms with Crippen LogP contribution < -0.4 is 0 Å². The van der Waals surface area contributed by atoms with Crippen LogP contribution in [0.2, 0.25) is 0 Å². The van der Waals surface area contributed by atoms with Gasteiger partial charge in [-0.2, -0.15) is 4.39 Å². The summed E-state index contributed by atoms with van der Waals surface area (Å²) in [5, 5.41) is 0. The third-order valence-electron chi connectivity index (χ3n) is 4.62. The zero-order chi connectivity index (χ0) is 12.9. The number of nitrogens with zero attached hydrogens (tertiary/aromatic N) is 1. The molecular formula is C14H16FNO2. The van der Waals surface area contributed by atoms with Gasteiger partial charge in [0.25, 0.3) is 0 Å². The molecule has 0 N–H and O–H groups in total. The molecule has 2 fully saturated rings. The summed E-state index contributed by atoms with van der Waals surface area (Å²) in [4.78, 5) is 22.4. The summed E-state index contributed by atoms with van der Waals surface area (Å²) in [7, 11) is 1.57. The molecule has 0 saturated heterocycles. The average molecular weight is 249 g/mol. The number of Topliss-reactive ketones (excluding diaryl/α,β-unsaturated/α-hetero) is 1. The lowest BCUT2D eigenvalue weighted by Gasteiger charge is -2.10. The van der Waals surface area contributed by atoms with Gasteiger partial charge in [-0.1, -0.05) is 0 Å². The summed E-state index contributed by atoms with van der Waals surface area (Å²) in [6.45, 7) is 0. The van der Waals surface area contributed by atoms with E-state index in [2.05, 4.69) is 0 Å². The van der Waals surface area contributed by atoms with Crippen molar-refractivity contribution >= 4 is 12.1 Å². The van der Waals surface area contributed by atoms with Gasteiger partial charge >= 0.3 is 0 Å². The maximum Gasteiger partial charge on any atom is 0.194 e. The molecule has 0 radical (unpaired) electrons. The molecule has 0 aliphatic heterocycles. The number of aldehydes is 1. The molecule has 1 aromatic heterocycles. The minimum Gasteiger partial charge on any atom is -0.318 e. The Morgan fingerprint density at radius 2 is 1.94 bits per heavy atom. The zero-order valence-electron chi connectivity index (χ0n) is 10.4. The van der Waals surface area contributed by atoms with E-state index in [1.165, 1.54) is 10.6 Å². The van der Waals surface area contributed by atoms with Gasteiger partial charge in [0.05, 0.1) is 5.69 Å². The van der Waals surface area contributed by atoms with Crippen molar-refractivity contribution in [3.8, 4) is 0 Å². The second kappa shape index (κ2) is 4.04. The van der Waals surface area contributed by atoms with Crippen molar-refractivity contribution < 1.29 is 14.0 Å². The summed E-state index contributed by atoms with van der Waals surface area (Å²) in [6.07, 6.45) is 3.92. The number of ketones is 1. The molecule has 2 saturated carbocycles. The minimum atomic E-state index is -0.361. The number of fused-ring (bicyclic) bond motifs is 1. The van der Waals surface area contributed by atoms with Crippen molar-refractivity contribution in [2.24, 2.45) is 18.9 Å². The Bertz CT molecular complexity index is 504. The van der Waals surface area contributed by atoms with Gasteiger partial charge in [-0.3, -0.25) is 9.59 Å². The molecule has 2 atom stereocenters. The third kappa shape index (κ3) is 1.62. The quantitative estimate of drug-likeness (QED) is 0.755. The van der Waals surface area contributed by atoms with Crippen LogP contribution in [0.4, 0.5) is 4.39 Å². The highest BCUT2D eigenvalue weighted by atomic mass is 19.1. The van der Waals surface area contributed by atoms with E-state index in [-0.39, 0.29) is 11.9 Å². The topological polar surface area (TPSA) is 39.1 Å². The Morgan fingerprint density at radius 1 is 1.33 bits per heavy atom. The number of hydrogen-bond donors (Lipinski definition) is 0. The van der Waals surface area contributed by atoms with Crippen LogP contribution in [0.1, 0.15) is 47.7 Å². The van der Waals surface area contributed by atoms with Gasteiger partial charge in [0, 0.05) is 19.9 Å². The van der Waals surface area contributed by atoms with E-state index >= 15 is 0 Å². The zero-order valence-corrected chi connectivity index (χ0v) is 10.4. The smallest absolute Gasteiger partial charge is 0.194 e. The van der Waals surface area contributed by atoms with Crippen molar-refractivity contribution in [3.05, 3.63) is 23.3 Å². The fraction of sp³-hybridized carbons (Fsp3) is 0.571. The average Bonchev–Trinajstić information content (AvgIpc) is 2.92. The Labute approximate surface area is 105 Å². The van der Waals surface area contributed by atoms with Gasteiger partial charge in [0.2, 0.25) is 0 Å². The van der Waals surface area contributed by atoms with Crippen LogP contribution in [0.5, 0.6) is 0 Å². The van der Waals surface area contributed by atoms with Crippen LogP contribution in [0.25, 0.3) is 0 Å². The van der Waals surface area contributed by atoms with Crippen LogP contribution in [0.3, 0.4) is 0 Å². The molecule has 1 aromatic rings. The number of aromatic nitrogens is 1. The Kier molecular flexibility index (Phi) is 2.61. The lowest BCUT2D eigenvalue weighted by Crippen LogP contribution is -2.03. The molecule has 96 valence electrons. The molecule has 0 bridgehead atoms. The first kappa shape index (κ1) is 11.6. The van der Waals surface area contributed by atoms with Crippen molar-refractivity contribution in [2.45, 2.75) is 31.6 Å². The molecule has 0 amide bonds. The van der Waals surface area contributed by atoms with Crippen molar-refractivity contribution in [1.82, 2.24) is 4.57 Å². The fourth-order valence-electron chi connectivity index (χ4n) is 3.72. The Balaban J connectivity index is 1.87. The number of carbonyl (C=O) groups excluding carboxylic acids is 2. The summed E-state index contributed by atoms with van der Waals surface area (Å²) in [5.74, 6) is 1.14. The summed E-state index contributed by atoms with van der Waals surface area (Å²) in [5.41, 5.74) is 1.27. The van der Waals surface area contributed by atoms with Crippen LogP contribution in [0.15, 0.2) is 6.07 Å². The van der Waals surface area contributed by atoms with E-state index in [9.17, 15) is 14.0 Å². The highest BCUT2D eigenvalue weighted by molar-refractivity contribution is 5.81. The van der Waals surface area contributed by atoms with Gasteiger partial charge in [-0.15, -0.1) is 0 Å². The Morgan fingerprint density at radius 3 is 2.50 bits per heavy atom. The van der Waals surface area contributed by atoms with E-state index in [0.29, 0.717) is 36.2 Å². The second-order valence-corrected chi connectivity index (χ2v) is 5.62. The molecule has 2 aliphatic carbocycles. The molecule has 1 heterocycles. The van der Waals surface area contributed by atoms with E-state index in [1.54, 1.807) is 7.05 Å². The van der Waals surface area contributed by atoms with Gasteiger partial charge in [0.1, 0.15) is 5.78 Å². The van der Waals surface area contributed by atoms with Gasteiger partial charge in [-0.25, -0.2) is 0 Å². The lowest BCUT2D eigenvalue weighted by atomic mass is 9.95. The van der Waals surface area contributed by atoms with Crippen LogP contribution in [-0.2, 0) is 11.8 Å². The predicted molar refractivity (Wildman–Crippen MR) is 64.0 cm³/mol. The second-order valence-electron chi connectivity index (χ2n) is 5.62. The predicted octanol–water partition coefficient (Wildman–Crippen LogP) is 2.45. The molecule has 18 heavy (non-hydrogen) atoms. The number of rotatable bonds is 2. The first-order chi connectivity index (χ1) is 8.60. The van der Waals surface area contributed by atoms with Crippen molar-refractivity contribution in [2.75, 3.05) is 0 Å². The van der Waals surface area contributed by atoms with Crippen molar-refractivity contribution in [3.63, 3.8) is 0 Å². The van der Waals surface area contributed by atoms with Gasteiger partial charge < -0.3 is 4.57 Å². The molecule has 0 spiro atoms. The molecule has 0 aromatic carbocycles. The highest BCUT2D eigenvalue weighted by Gasteiger charge is 2.42. The first-order valence-electron chi connectivity index (χ1n) is 6.42. The Hall–Kier alpha value is -1.45. The van der Waals surface area contributed by atoms with E-state index in [0.717, 1.165) is 24.7 Å². The number of halogens is 1. The SMILES string of the molecule is Cn1c(F)cc(C2CC3CC(=O)CC3C2)c1C=O. The van der Waals surface area contributed by atoms with Crippen LogP contribution in [0, 0.1) is 17.8 Å². The van der Waals surface area contributed by atoms with E-state index in [1.807, 2.05) is 0 Å². The van der Waals surface area contributed by atoms with E-state index in [4.69, 9.17) is 0 Å². The molecule has 2 unspecified atom stereocenters. The number of carbonyl (C=O) groups is 2. The number of hydrogen-bond acceptors (Lipinski definition) is 2. The highest BCUT2D eigenvalue weighted by Crippen LogP contribution is 2.50. The standard InChI is InChI=1S/C14H16FNO2/c1-16-13(7-17)12(6-14(16)15)10-2-8-4-11(18)5-9(8)3-10/h6-10H,2-5H2,1H3. The lowest BCUT2D eigenvalue weighted by molar-refractivity contribution is -0.117. The summed E-state index contributed by atoms with van der Waals surface area (Å²) >= 11 is 0. The van der Waals surface area contributed by atoms with Gasteiger partial charge in [-0.05, 0) is 42.2 Å². The molecule has 4 heteroatoms. The fourth-order valence-corrected chi connectivity index (χ4v) is 3.72. The monoisotopic (exact) mass is 249 g/mol. The summed E-state index contributed by atoms with van der Waals surface area (Å²) < 4.78 is 14.8. The maximum absolute atomic E-state index is 13.5. The normalized spacial score (nSPS) is 30.8. The first-order valence-corrected chi connectivity index (χ1v) is 6.42. The maximum atomic E-state index is 13.5. The van der Waals surface area contributed by atoms with Gasteiger partial charge in [0.15, 0.2) is 12.2 Å². The largest absolute Gasteiger partial charge is 0.318 e. The molecule has 3 nitrogen and oxygen atoms in total.